The van der Waals surface area contributed by atoms with Crippen molar-refractivity contribution in [3.05, 3.63) is 60.9 Å². The maximum atomic E-state index is 11.9. The molecular weight excluding hydrogens is 384 g/mol. The number of ether oxygens (including phenoxy) is 4. The second-order valence-electron chi connectivity index (χ2n) is 8.12. The van der Waals surface area contributed by atoms with E-state index in [2.05, 4.69) is 19.6 Å². The molecule has 4 atom stereocenters. The Hall–Kier alpha value is -2.76. The molecule has 0 unspecified atom stereocenters. The summed E-state index contributed by atoms with van der Waals surface area (Å²) < 4.78 is 21.1. The molecule has 0 aromatic heterocycles. The molecule has 0 bridgehead atoms. The second kappa shape index (κ2) is 10.9. The van der Waals surface area contributed by atoms with Crippen molar-refractivity contribution in [3.8, 4) is 0 Å². The molecule has 0 radical (unpaired) electrons. The Morgan fingerprint density at radius 2 is 2.03 bits per heavy atom. The van der Waals surface area contributed by atoms with Crippen molar-refractivity contribution in [1.29, 1.82) is 0 Å². The fourth-order valence-corrected chi connectivity index (χ4v) is 3.85. The Bertz CT molecular complexity index is 743. The van der Waals surface area contributed by atoms with Crippen molar-refractivity contribution >= 4 is 12.1 Å². The smallest absolute Gasteiger partial charge is 0.453 e. The number of carbonyl (C=O) groups is 2. The minimum atomic E-state index is -1.05. The fourth-order valence-electron chi connectivity index (χ4n) is 3.85. The third kappa shape index (κ3) is 7.25. The van der Waals surface area contributed by atoms with Gasteiger partial charge in [0, 0.05) is 19.8 Å². The van der Waals surface area contributed by atoms with Crippen molar-refractivity contribution in [1.82, 2.24) is 0 Å². The lowest BCUT2D eigenvalue weighted by Crippen LogP contribution is -2.35. The molecule has 6 nitrogen and oxygen atoms in total. The molecule has 6 heteroatoms. The molecular formula is C24H32O6. The van der Waals surface area contributed by atoms with Crippen molar-refractivity contribution in [2.75, 3.05) is 7.11 Å². The molecule has 30 heavy (non-hydrogen) atoms. The summed E-state index contributed by atoms with van der Waals surface area (Å²) in [6.45, 7) is 9.23. The van der Waals surface area contributed by atoms with Crippen molar-refractivity contribution in [3.63, 3.8) is 0 Å². The standard InChI is InChI=1S/C24H32O6/c1-6-7-8-9-10-18-15-17(2)11-13-20(18)21(28-23(26)27-5)14-12-19-16-22(25)30-24(3,4)29-19/h6-10,12,14,16-18,20-21H,1,11,13,15H2,2-5H3/b8-7+,10-9+,14-12+/t17-,18-,20-,21-/m1/s1. The molecule has 0 aromatic carbocycles. The molecule has 1 heterocycles. The van der Waals surface area contributed by atoms with Gasteiger partial charge in [0.25, 0.3) is 0 Å². The highest BCUT2D eigenvalue weighted by atomic mass is 16.7. The van der Waals surface area contributed by atoms with Crippen molar-refractivity contribution in [2.45, 2.75) is 51.9 Å². The third-order valence-electron chi connectivity index (χ3n) is 5.18. The van der Waals surface area contributed by atoms with Crippen LogP contribution in [0.25, 0.3) is 0 Å². The lowest BCUT2D eigenvalue weighted by atomic mass is 9.72. The number of rotatable bonds is 7. The van der Waals surface area contributed by atoms with Gasteiger partial charge in [-0.25, -0.2) is 9.59 Å². The van der Waals surface area contributed by atoms with E-state index in [1.54, 1.807) is 32.1 Å². The van der Waals surface area contributed by atoms with Crippen LogP contribution in [0.4, 0.5) is 4.79 Å². The highest BCUT2D eigenvalue weighted by molar-refractivity contribution is 5.83. The van der Waals surface area contributed by atoms with Crippen LogP contribution in [0.1, 0.15) is 40.0 Å². The van der Waals surface area contributed by atoms with Crippen LogP contribution in [-0.4, -0.2) is 31.1 Å². The van der Waals surface area contributed by atoms with Gasteiger partial charge in [0.1, 0.15) is 11.9 Å². The number of cyclic esters (lactones) is 1. The Morgan fingerprint density at radius 3 is 2.70 bits per heavy atom. The van der Waals surface area contributed by atoms with Crippen molar-refractivity contribution in [2.24, 2.45) is 17.8 Å². The number of methoxy groups -OCH3 is 1. The van der Waals surface area contributed by atoms with Crippen LogP contribution in [-0.2, 0) is 23.7 Å². The Balaban J connectivity index is 2.25. The van der Waals surface area contributed by atoms with Crippen LogP contribution in [0.3, 0.4) is 0 Å². The average Bonchev–Trinajstić information content (AvgIpc) is 2.67. The SMILES string of the molecule is C=C/C=C/C=C/[C@@H]1C[C@H](C)CC[C@H]1[C@@H](/C=C/C1=CC(=O)OC(C)(C)O1)OC(=O)OC. The summed E-state index contributed by atoms with van der Waals surface area (Å²) in [6, 6.07) is 0. The first-order valence-corrected chi connectivity index (χ1v) is 10.3. The van der Waals surface area contributed by atoms with Gasteiger partial charge in [-0.15, -0.1) is 0 Å². The van der Waals surface area contributed by atoms with E-state index in [-0.39, 0.29) is 11.8 Å². The van der Waals surface area contributed by atoms with Gasteiger partial charge in [-0.3, -0.25) is 0 Å². The molecule has 2 aliphatic rings. The van der Waals surface area contributed by atoms with E-state index in [0.29, 0.717) is 11.7 Å². The summed E-state index contributed by atoms with van der Waals surface area (Å²) in [7, 11) is 1.29. The van der Waals surface area contributed by atoms with E-state index in [0.717, 1.165) is 19.3 Å². The molecule has 164 valence electrons. The molecule has 0 saturated heterocycles. The number of carbonyl (C=O) groups excluding carboxylic acids is 2. The van der Waals surface area contributed by atoms with Gasteiger partial charge < -0.3 is 18.9 Å². The molecule has 1 aliphatic heterocycles. The van der Waals surface area contributed by atoms with Gasteiger partial charge in [-0.05, 0) is 36.8 Å². The largest absolute Gasteiger partial charge is 0.508 e. The van der Waals surface area contributed by atoms with E-state index < -0.39 is 24.0 Å². The summed E-state index contributed by atoms with van der Waals surface area (Å²) in [5.74, 6) is -0.272. The lowest BCUT2D eigenvalue weighted by molar-refractivity contribution is -0.203. The zero-order valence-corrected chi connectivity index (χ0v) is 18.2. The fraction of sp³-hybridized carbons (Fsp3) is 0.500. The summed E-state index contributed by atoms with van der Waals surface area (Å²) >= 11 is 0. The molecule has 1 fully saturated rings. The first kappa shape index (κ1) is 23.5. The van der Waals surface area contributed by atoms with Gasteiger partial charge in [0.15, 0.2) is 0 Å². The zero-order valence-electron chi connectivity index (χ0n) is 18.2. The van der Waals surface area contributed by atoms with Crippen LogP contribution in [0, 0.1) is 17.8 Å². The summed E-state index contributed by atoms with van der Waals surface area (Å²) in [4.78, 5) is 23.7. The van der Waals surface area contributed by atoms with E-state index in [9.17, 15) is 9.59 Å². The quantitative estimate of drug-likeness (QED) is 0.418. The molecule has 2 rings (SSSR count). The first-order chi connectivity index (χ1) is 14.2. The minimum Gasteiger partial charge on any atom is -0.453 e. The van der Waals surface area contributed by atoms with Crippen molar-refractivity contribution < 1.29 is 28.5 Å². The van der Waals surface area contributed by atoms with E-state index in [1.807, 2.05) is 18.2 Å². The zero-order chi connectivity index (χ0) is 22.1. The van der Waals surface area contributed by atoms with E-state index in [4.69, 9.17) is 18.9 Å². The number of hydrogen-bond donors (Lipinski definition) is 0. The van der Waals surface area contributed by atoms with Gasteiger partial charge in [-0.1, -0.05) is 50.3 Å². The number of hydrogen-bond acceptors (Lipinski definition) is 6. The molecule has 0 spiro atoms. The minimum absolute atomic E-state index is 0.0779. The maximum absolute atomic E-state index is 11.9. The maximum Gasteiger partial charge on any atom is 0.508 e. The Labute approximate surface area is 178 Å². The predicted molar refractivity (Wildman–Crippen MR) is 114 cm³/mol. The van der Waals surface area contributed by atoms with Gasteiger partial charge in [0.2, 0.25) is 5.79 Å². The van der Waals surface area contributed by atoms with Gasteiger partial charge >= 0.3 is 12.1 Å². The second-order valence-corrected chi connectivity index (χ2v) is 8.12. The monoisotopic (exact) mass is 416 g/mol. The molecule has 0 amide bonds. The highest BCUT2D eigenvalue weighted by Crippen LogP contribution is 2.38. The summed E-state index contributed by atoms with van der Waals surface area (Å²) in [5, 5.41) is 0. The normalized spacial score (nSPS) is 27.4. The number of allylic oxidation sites excluding steroid dienone is 6. The van der Waals surface area contributed by atoms with Crippen LogP contribution < -0.4 is 0 Å². The summed E-state index contributed by atoms with van der Waals surface area (Å²) in [5.41, 5.74) is 0. The predicted octanol–water partition coefficient (Wildman–Crippen LogP) is 5.24. The Morgan fingerprint density at radius 1 is 1.27 bits per heavy atom. The van der Waals surface area contributed by atoms with Gasteiger partial charge in [-0.2, -0.15) is 0 Å². The van der Waals surface area contributed by atoms with E-state index in [1.165, 1.54) is 13.2 Å². The molecule has 1 aliphatic carbocycles. The summed E-state index contributed by atoms with van der Waals surface area (Å²) in [6.07, 6.45) is 16.1. The van der Waals surface area contributed by atoms with Crippen LogP contribution in [0.2, 0.25) is 0 Å². The molecule has 0 N–H and O–H groups in total. The van der Waals surface area contributed by atoms with Crippen LogP contribution >= 0.6 is 0 Å². The molecule has 1 saturated carbocycles. The molecule has 0 aromatic rings. The van der Waals surface area contributed by atoms with Crippen LogP contribution in [0.5, 0.6) is 0 Å². The highest BCUT2D eigenvalue weighted by Gasteiger charge is 2.35. The third-order valence-corrected chi connectivity index (χ3v) is 5.18. The lowest BCUT2D eigenvalue weighted by Gasteiger charge is -2.36. The van der Waals surface area contributed by atoms with Gasteiger partial charge in [0.05, 0.1) is 13.2 Å². The number of esters is 1. The topological polar surface area (TPSA) is 71.1 Å². The first-order valence-electron chi connectivity index (χ1n) is 10.3. The average molecular weight is 417 g/mol. The van der Waals surface area contributed by atoms with E-state index >= 15 is 0 Å². The van der Waals surface area contributed by atoms with Crippen LogP contribution in [0.15, 0.2) is 60.9 Å². The Kier molecular flexibility index (Phi) is 8.51.